The number of nitrogens with zero attached hydrogens (tertiary/aromatic N) is 2. The van der Waals surface area contributed by atoms with Crippen molar-refractivity contribution in [2.45, 2.75) is 38.0 Å². The van der Waals surface area contributed by atoms with E-state index in [9.17, 15) is 9.90 Å². The van der Waals surface area contributed by atoms with E-state index < -0.39 is 6.10 Å². The summed E-state index contributed by atoms with van der Waals surface area (Å²) in [6.45, 7) is 2.15. The molecule has 1 fully saturated rings. The van der Waals surface area contributed by atoms with E-state index in [0.717, 1.165) is 12.8 Å². The van der Waals surface area contributed by atoms with Crippen molar-refractivity contribution in [3.63, 3.8) is 0 Å². The number of ether oxygens (including phenoxy) is 2. The van der Waals surface area contributed by atoms with Gasteiger partial charge < -0.3 is 24.9 Å². The molecule has 1 aliphatic heterocycles. The fourth-order valence-corrected chi connectivity index (χ4v) is 4.70. The average Bonchev–Trinajstić information content (AvgIpc) is 3.29. The Morgan fingerprint density at radius 1 is 1.17 bits per heavy atom. The lowest BCUT2D eigenvalue weighted by atomic mass is 10.0. The van der Waals surface area contributed by atoms with Crippen LogP contribution in [0.4, 0.5) is 5.82 Å². The first kappa shape index (κ1) is 24.5. The Labute approximate surface area is 217 Å². The fourth-order valence-electron chi connectivity index (χ4n) is 4.27. The van der Waals surface area contributed by atoms with Crippen molar-refractivity contribution >= 4 is 45.8 Å². The highest BCUT2D eigenvalue weighted by Gasteiger charge is 2.27. The molecule has 10 heteroatoms. The highest BCUT2D eigenvalue weighted by molar-refractivity contribution is 6.35. The molecule has 0 aliphatic carbocycles. The van der Waals surface area contributed by atoms with Crippen LogP contribution in [-0.2, 0) is 4.74 Å². The van der Waals surface area contributed by atoms with E-state index in [2.05, 4.69) is 20.3 Å². The number of fused-ring (bicyclic) bond motifs is 1. The zero-order valence-electron chi connectivity index (χ0n) is 19.4. The smallest absolute Gasteiger partial charge is 0.196 e. The van der Waals surface area contributed by atoms with Gasteiger partial charge in [-0.15, -0.1) is 0 Å². The lowest BCUT2D eigenvalue weighted by molar-refractivity contribution is -0.0584. The largest absolute Gasteiger partial charge is 0.457 e. The Kier molecular flexibility index (Phi) is 7.11. The standard InChI is InChI=1S/C26H24Cl2N4O4/c1-14(33)22-8-5-16(12-35-22)32-26-23-20(11-29-25(23)30-13-31-26)24(34)19-7-6-18(10-21(19)28)36-17-4-2-3-15(27)9-17/h2-4,6-7,9-11,13-14,16,22,33H,5,8,12H2,1H3,(H2,29,30,31,32)/t14?,16-,22+/m1/s1. The molecule has 8 nitrogen and oxygen atoms in total. The minimum absolute atomic E-state index is 0.0116. The molecule has 1 aliphatic rings. The molecular weight excluding hydrogens is 503 g/mol. The van der Waals surface area contributed by atoms with Gasteiger partial charge in [0.05, 0.1) is 40.8 Å². The van der Waals surface area contributed by atoms with Crippen LogP contribution in [0.2, 0.25) is 10.0 Å². The quantitative estimate of drug-likeness (QED) is 0.267. The first-order chi connectivity index (χ1) is 17.4. The number of aliphatic hydroxyl groups is 1. The molecule has 5 rings (SSSR count). The van der Waals surface area contributed by atoms with Crippen molar-refractivity contribution in [1.29, 1.82) is 0 Å². The van der Waals surface area contributed by atoms with Crippen molar-refractivity contribution in [2.24, 2.45) is 0 Å². The van der Waals surface area contributed by atoms with Gasteiger partial charge in [0.25, 0.3) is 0 Å². The predicted octanol–water partition coefficient (Wildman–Crippen LogP) is 5.63. The number of nitrogens with one attached hydrogen (secondary N) is 2. The van der Waals surface area contributed by atoms with Gasteiger partial charge in [-0.3, -0.25) is 4.79 Å². The summed E-state index contributed by atoms with van der Waals surface area (Å²) in [4.78, 5) is 25.2. The van der Waals surface area contributed by atoms with Crippen LogP contribution in [0.5, 0.6) is 11.5 Å². The van der Waals surface area contributed by atoms with E-state index in [0.29, 0.717) is 51.1 Å². The summed E-state index contributed by atoms with van der Waals surface area (Å²) in [6, 6.07) is 11.9. The SMILES string of the molecule is CC(O)[C@@H]1CC[C@@H](Nc2ncnc3[nH]cc(C(=O)c4ccc(Oc5cccc(Cl)c5)cc4Cl)c23)CO1. The molecule has 1 saturated heterocycles. The molecule has 3 atom stereocenters. The summed E-state index contributed by atoms with van der Waals surface area (Å²) in [5.74, 6) is 1.31. The van der Waals surface area contributed by atoms with Gasteiger partial charge in [0, 0.05) is 22.8 Å². The number of aromatic nitrogens is 3. The zero-order valence-corrected chi connectivity index (χ0v) is 20.9. The number of aliphatic hydroxyl groups excluding tert-OH is 1. The monoisotopic (exact) mass is 526 g/mol. The second-order valence-electron chi connectivity index (χ2n) is 8.71. The first-order valence-electron chi connectivity index (χ1n) is 11.5. The maximum absolute atomic E-state index is 13.5. The average molecular weight is 527 g/mol. The number of rotatable bonds is 7. The van der Waals surface area contributed by atoms with Crippen LogP contribution in [0.1, 0.15) is 35.7 Å². The van der Waals surface area contributed by atoms with E-state index in [1.54, 1.807) is 55.6 Å². The Balaban J connectivity index is 1.38. The van der Waals surface area contributed by atoms with E-state index in [1.165, 1.54) is 6.33 Å². The minimum Gasteiger partial charge on any atom is -0.457 e. The summed E-state index contributed by atoms with van der Waals surface area (Å²) in [5.41, 5.74) is 1.26. The van der Waals surface area contributed by atoms with Crippen LogP contribution < -0.4 is 10.1 Å². The summed E-state index contributed by atoms with van der Waals surface area (Å²) in [5, 5.41) is 14.5. The Morgan fingerprint density at radius 3 is 2.72 bits per heavy atom. The van der Waals surface area contributed by atoms with Crippen molar-refractivity contribution < 1.29 is 19.4 Å². The summed E-state index contributed by atoms with van der Waals surface area (Å²) in [6.07, 6.45) is 3.88. The van der Waals surface area contributed by atoms with Crippen LogP contribution in [0.25, 0.3) is 11.0 Å². The summed E-state index contributed by atoms with van der Waals surface area (Å²) >= 11 is 12.5. The molecule has 36 heavy (non-hydrogen) atoms. The Bertz CT molecular complexity index is 1400. The van der Waals surface area contributed by atoms with Crippen LogP contribution in [0.3, 0.4) is 0 Å². The lowest BCUT2D eigenvalue weighted by Gasteiger charge is -2.31. The number of halogens is 2. The normalized spacial score (nSPS) is 18.7. The van der Waals surface area contributed by atoms with E-state index in [1.807, 2.05) is 0 Å². The van der Waals surface area contributed by atoms with Gasteiger partial charge in [-0.2, -0.15) is 0 Å². The third-order valence-electron chi connectivity index (χ3n) is 6.12. The molecular formula is C26H24Cl2N4O4. The van der Waals surface area contributed by atoms with Gasteiger partial charge in [-0.1, -0.05) is 29.3 Å². The molecule has 0 bridgehead atoms. The van der Waals surface area contributed by atoms with Gasteiger partial charge >= 0.3 is 0 Å². The zero-order chi connectivity index (χ0) is 25.2. The maximum Gasteiger partial charge on any atom is 0.196 e. The van der Waals surface area contributed by atoms with Crippen molar-refractivity contribution in [3.8, 4) is 11.5 Å². The Hall–Kier alpha value is -3.17. The number of hydrogen-bond donors (Lipinski definition) is 3. The summed E-state index contributed by atoms with van der Waals surface area (Å²) < 4.78 is 11.6. The number of hydrogen-bond acceptors (Lipinski definition) is 7. The van der Waals surface area contributed by atoms with Gasteiger partial charge in [0.1, 0.15) is 29.3 Å². The highest BCUT2D eigenvalue weighted by Crippen LogP contribution is 2.32. The second kappa shape index (κ2) is 10.4. The van der Waals surface area contributed by atoms with Crippen molar-refractivity contribution in [3.05, 3.63) is 76.2 Å². The van der Waals surface area contributed by atoms with Crippen LogP contribution >= 0.6 is 23.2 Å². The Morgan fingerprint density at radius 2 is 2.00 bits per heavy atom. The predicted molar refractivity (Wildman–Crippen MR) is 138 cm³/mol. The van der Waals surface area contributed by atoms with Gasteiger partial charge in [-0.05, 0) is 50.1 Å². The van der Waals surface area contributed by atoms with Crippen LogP contribution in [-0.4, -0.2) is 50.7 Å². The van der Waals surface area contributed by atoms with Crippen molar-refractivity contribution in [2.75, 3.05) is 11.9 Å². The number of carbonyl (C=O) groups excluding carboxylic acids is 1. The molecule has 3 N–H and O–H groups in total. The fraction of sp³-hybridized carbons (Fsp3) is 0.269. The molecule has 0 radical (unpaired) electrons. The molecule has 2 aromatic carbocycles. The molecule has 1 unspecified atom stereocenters. The number of benzene rings is 2. The second-order valence-corrected chi connectivity index (χ2v) is 9.55. The molecule has 0 saturated carbocycles. The van der Waals surface area contributed by atoms with Crippen LogP contribution in [0.15, 0.2) is 55.0 Å². The number of carbonyl (C=O) groups is 1. The van der Waals surface area contributed by atoms with Crippen LogP contribution in [0, 0.1) is 0 Å². The highest BCUT2D eigenvalue weighted by atomic mass is 35.5. The van der Waals surface area contributed by atoms with Gasteiger partial charge in [0.2, 0.25) is 0 Å². The molecule has 4 aromatic rings. The molecule has 0 spiro atoms. The van der Waals surface area contributed by atoms with E-state index >= 15 is 0 Å². The number of aromatic amines is 1. The number of anilines is 1. The van der Waals surface area contributed by atoms with E-state index in [-0.39, 0.29) is 23.0 Å². The molecule has 186 valence electrons. The summed E-state index contributed by atoms with van der Waals surface area (Å²) in [7, 11) is 0. The molecule has 2 aromatic heterocycles. The van der Waals surface area contributed by atoms with Crippen molar-refractivity contribution in [1.82, 2.24) is 15.0 Å². The third-order valence-corrected chi connectivity index (χ3v) is 6.67. The van der Waals surface area contributed by atoms with Gasteiger partial charge in [-0.25, -0.2) is 9.97 Å². The lowest BCUT2D eigenvalue weighted by Crippen LogP contribution is -2.39. The topological polar surface area (TPSA) is 109 Å². The third kappa shape index (κ3) is 5.17. The number of ketones is 1. The van der Waals surface area contributed by atoms with Gasteiger partial charge in [0.15, 0.2) is 5.78 Å². The first-order valence-corrected chi connectivity index (χ1v) is 12.3. The molecule has 0 amide bonds. The minimum atomic E-state index is -0.516. The molecule has 3 heterocycles. The maximum atomic E-state index is 13.5. The number of H-pyrrole nitrogens is 1. The van der Waals surface area contributed by atoms with E-state index in [4.69, 9.17) is 32.7 Å².